The van der Waals surface area contributed by atoms with E-state index in [1.165, 1.54) is 22.9 Å². The van der Waals surface area contributed by atoms with Crippen molar-refractivity contribution in [2.75, 3.05) is 6.54 Å². The van der Waals surface area contributed by atoms with Crippen LogP contribution in [0.2, 0.25) is 0 Å². The summed E-state index contributed by atoms with van der Waals surface area (Å²) in [7, 11) is 0. The molecular weight excluding hydrogens is 438 g/mol. The van der Waals surface area contributed by atoms with Gasteiger partial charge in [0.2, 0.25) is 0 Å². The number of aryl methyl sites for hydroxylation is 1. The molecule has 0 N–H and O–H groups in total. The van der Waals surface area contributed by atoms with Gasteiger partial charge >= 0.3 is 0 Å². The summed E-state index contributed by atoms with van der Waals surface area (Å²) in [6.45, 7) is 5.58. The summed E-state index contributed by atoms with van der Waals surface area (Å²) < 4.78 is 2.26. The topological polar surface area (TPSA) is 37.6 Å². The number of nitrogens with zero attached hydrogens (tertiary/aromatic N) is 3. The second-order valence-corrected chi connectivity index (χ2v) is 9.52. The lowest BCUT2D eigenvalue weighted by Gasteiger charge is -2.13. The zero-order valence-electron chi connectivity index (χ0n) is 19.4. The lowest BCUT2D eigenvalue weighted by Crippen LogP contribution is -2.29. The van der Waals surface area contributed by atoms with E-state index in [0.29, 0.717) is 11.4 Å². The van der Waals surface area contributed by atoms with Crippen molar-refractivity contribution in [3.05, 3.63) is 107 Å². The Hall–Kier alpha value is -3.57. The van der Waals surface area contributed by atoms with Gasteiger partial charge in [0.15, 0.2) is 5.17 Å². The van der Waals surface area contributed by atoms with E-state index in [2.05, 4.69) is 73.1 Å². The maximum Gasteiger partial charge on any atom is 0.266 e. The van der Waals surface area contributed by atoms with Crippen LogP contribution in [0, 0.1) is 6.92 Å². The molecule has 0 spiro atoms. The number of aromatic nitrogens is 1. The van der Waals surface area contributed by atoms with Gasteiger partial charge in [0.1, 0.15) is 0 Å². The summed E-state index contributed by atoms with van der Waals surface area (Å²) in [5.41, 5.74) is 5.51. The summed E-state index contributed by atoms with van der Waals surface area (Å²) in [6.07, 6.45) is 5.05. The summed E-state index contributed by atoms with van der Waals surface area (Å²) in [6, 6.07) is 26.9. The Morgan fingerprint density at radius 2 is 1.68 bits per heavy atom. The van der Waals surface area contributed by atoms with Crippen molar-refractivity contribution in [3.63, 3.8) is 0 Å². The number of carbonyl (C=O) groups is 1. The first-order chi connectivity index (χ1) is 16.6. The lowest BCUT2D eigenvalue weighted by atomic mass is 10.1. The standard InChI is InChI=1S/C29H27N3OS/c1-3-17-32-28(33)27(34-29(32)30-24-15-13-21(2)14-16-24)18-23-20-31(19-22-9-5-4-6-10-22)26-12-8-7-11-25(23)26/h4-16,18,20H,3,17,19H2,1-2H3/b27-18+,30-29?. The fraction of sp³-hybridized carbons (Fsp3) is 0.172. The second-order valence-electron chi connectivity index (χ2n) is 8.51. The van der Waals surface area contributed by atoms with Crippen molar-refractivity contribution in [1.82, 2.24) is 9.47 Å². The molecule has 2 heterocycles. The molecule has 1 aliphatic heterocycles. The number of thioether (sulfide) groups is 1. The minimum atomic E-state index is 0.0256. The van der Waals surface area contributed by atoms with Gasteiger partial charge in [-0.1, -0.05) is 73.2 Å². The van der Waals surface area contributed by atoms with Crippen LogP contribution in [-0.4, -0.2) is 27.1 Å². The molecule has 1 aromatic heterocycles. The van der Waals surface area contributed by atoms with Gasteiger partial charge in [-0.3, -0.25) is 9.69 Å². The van der Waals surface area contributed by atoms with Crippen molar-refractivity contribution in [2.45, 2.75) is 26.8 Å². The molecule has 0 atom stereocenters. The zero-order valence-corrected chi connectivity index (χ0v) is 20.3. The maximum absolute atomic E-state index is 13.3. The molecular formula is C29H27N3OS. The van der Waals surface area contributed by atoms with E-state index < -0.39 is 0 Å². The number of hydrogen-bond acceptors (Lipinski definition) is 3. The van der Waals surface area contributed by atoms with Crippen molar-refractivity contribution >= 4 is 45.5 Å². The third-order valence-corrected chi connectivity index (χ3v) is 6.90. The Morgan fingerprint density at radius 3 is 2.44 bits per heavy atom. The normalized spacial score (nSPS) is 16.3. The molecule has 4 aromatic rings. The van der Waals surface area contributed by atoms with Crippen LogP contribution in [0.3, 0.4) is 0 Å². The van der Waals surface area contributed by atoms with Gasteiger partial charge in [-0.15, -0.1) is 0 Å². The molecule has 0 radical (unpaired) electrons. The summed E-state index contributed by atoms with van der Waals surface area (Å²) in [5.74, 6) is 0.0256. The smallest absolute Gasteiger partial charge is 0.266 e. The number of fused-ring (bicyclic) bond motifs is 1. The number of carbonyl (C=O) groups excluding carboxylic acids is 1. The van der Waals surface area contributed by atoms with Gasteiger partial charge in [0.05, 0.1) is 10.6 Å². The van der Waals surface area contributed by atoms with E-state index in [9.17, 15) is 4.79 Å². The van der Waals surface area contributed by atoms with Crippen LogP contribution in [0.15, 0.2) is 95.0 Å². The van der Waals surface area contributed by atoms with Crippen LogP contribution >= 0.6 is 11.8 Å². The molecule has 5 heteroatoms. The Kier molecular flexibility index (Phi) is 6.37. The molecule has 0 unspecified atom stereocenters. The molecule has 34 heavy (non-hydrogen) atoms. The molecule has 4 nitrogen and oxygen atoms in total. The van der Waals surface area contributed by atoms with E-state index in [0.717, 1.165) is 40.3 Å². The van der Waals surface area contributed by atoms with Crippen LogP contribution in [0.4, 0.5) is 5.69 Å². The van der Waals surface area contributed by atoms with E-state index in [1.54, 1.807) is 4.90 Å². The number of rotatable bonds is 6. The highest BCUT2D eigenvalue weighted by Gasteiger charge is 2.33. The third kappa shape index (κ3) is 4.57. The first-order valence-electron chi connectivity index (χ1n) is 11.6. The quantitative estimate of drug-likeness (QED) is 0.287. The number of benzene rings is 3. The highest BCUT2D eigenvalue weighted by Crippen LogP contribution is 2.36. The minimum absolute atomic E-state index is 0.0256. The van der Waals surface area contributed by atoms with Crippen molar-refractivity contribution in [3.8, 4) is 0 Å². The number of amides is 1. The first kappa shape index (κ1) is 22.2. The van der Waals surface area contributed by atoms with Gasteiger partial charge in [0, 0.05) is 35.8 Å². The van der Waals surface area contributed by atoms with E-state index in [-0.39, 0.29) is 5.91 Å². The number of amidine groups is 1. The molecule has 0 saturated carbocycles. The Balaban J connectivity index is 1.52. The first-order valence-corrected chi connectivity index (χ1v) is 12.4. The van der Waals surface area contributed by atoms with Crippen LogP contribution in [0.1, 0.15) is 30.0 Å². The molecule has 1 aliphatic rings. The lowest BCUT2D eigenvalue weighted by molar-refractivity contribution is -0.122. The predicted octanol–water partition coefficient (Wildman–Crippen LogP) is 7.01. The van der Waals surface area contributed by atoms with Crippen molar-refractivity contribution in [1.29, 1.82) is 0 Å². The highest BCUT2D eigenvalue weighted by atomic mass is 32.2. The molecule has 1 saturated heterocycles. The van der Waals surface area contributed by atoms with Gasteiger partial charge < -0.3 is 4.57 Å². The molecule has 1 fully saturated rings. The molecule has 1 amide bonds. The monoisotopic (exact) mass is 465 g/mol. The average molecular weight is 466 g/mol. The fourth-order valence-corrected chi connectivity index (χ4v) is 5.20. The summed E-state index contributed by atoms with van der Waals surface area (Å²) in [5, 5.41) is 1.89. The SMILES string of the molecule is CCCN1C(=O)/C(=C\c2cn(Cc3ccccc3)c3ccccc23)SC1=Nc1ccc(C)cc1. The number of hydrogen-bond donors (Lipinski definition) is 0. The number of aliphatic imine (C=N–C) groups is 1. The third-order valence-electron chi connectivity index (χ3n) is 5.90. The zero-order chi connectivity index (χ0) is 23.5. The molecule has 3 aromatic carbocycles. The Bertz CT molecular complexity index is 1380. The van der Waals surface area contributed by atoms with E-state index >= 15 is 0 Å². The fourth-order valence-electron chi connectivity index (χ4n) is 4.18. The van der Waals surface area contributed by atoms with Crippen molar-refractivity contribution in [2.24, 2.45) is 4.99 Å². The van der Waals surface area contributed by atoms with Gasteiger partial charge in [0.25, 0.3) is 5.91 Å². The van der Waals surface area contributed by atoms with E-state index in [1.807, 2.05) is 36.4 Å². The van der Waals surface area contributed by atoms with Gasteiger partial charge in [-0.2, -0.15) is 0 Å². The average Bonchev–Trinajstić information content (AvgIpc) is 3.34. The van der Waals surface area contributed by atoms with Crippen molar-refractivity contribution < 1.29 is 4.79 Å². The Labute approximate surface area is 204 Å². The van der Waals surface area contributed by atoms with Crippen LogP contribution in [0.25, 0.3) is 17.0 Å². The minimum Gasteiger partial charge on any atom is -0.342 e. The Morgan fingerprint density at radius 1 is 0.941 bits per heavy atom. The second kappa shape index (κ2) is 9.74. The molecule has 0 aliphatic carbocycles. The summed E-state index contributed by atoms with van der Waals surface area (Å²) >= 11 is 1.46. The number of para-hydroxylation sites is 1. The molecule has 5 rings (SSSR count). The molecule has 0 bridgehead atoms. The van der Waals surface area contributed by atoms with Gasteiger partial charge in [-0.25, -0.2) is 4.99 Å². The summed E-state index contributed by atoms with van der Waals surface area (Å²) in [4.78, 5) is 20.7. The molecule has 170 valence electrons. The van der Waals surface area contributed by atoms with Gasteiger partial charge in [-0.05, 0) is 54.9 Å². The maximum atomic E-state index is 13.3. The van der Waals surface area contributed by atoms with Crippen LogP contribution in [0.5, 0.6) is 0 Å². The largest absolute Gasteiger partial charge is 0.342 e. The van der Waals surface area contributed by atoms with Crippen LogP contribution < -0.4 is 0 Å². The van der Waals surface area contributed by atoms with E-state index in [4.69, 9.17) is 4.99 Å². The van der Waals surface area contributed by atoms with Crippen LogP contribution in [-0.2, 0) is 11.3 Å². The predicted molar refractivity (Wildman–Crippen MR) is 143 cm³/mol. The highest BCUT2D eigenvalue weighted by molar-refractivity contribution is 8.18.